The first-order valence-corrected chi connectivity index (χ1v) is 4.26. The second kappa shape index (κ2) is 5.16. The van der Waals surface area contributed by atoms with Crippen molar-refractivity contribution in [2.24, 2.45) is 0 Å². The van der Waals surface area contributed by atoms with Crippen LogP contribution in [0, 0.1) is 0 Å². The highest BCUT2D eigenvalue weighted by Crippen LogP contribution is 2.03. The highest BCUT2D eigenvalue weighted by atomic mass is 16.6. The third-order valence-corrected chi connectivity index (χ3v) is 1.68. The summed E-state index contributed by atoms with van der Waals surface area (Å²) in [4.78, 5) is 28.3. The third kappa shape index (κ3) is 3.10. The minimum absolute atomic E-state index is 0.0899. The maximum atomic E-state index is 11.6. The Morgan fingerprint density at radius 2 is 2.33 bits per heavy atom. The Bertz CT molecular complexity index is 334. The van der Waals surface area contributed by atoms with Crippen molar-refractivity contribution in [3.63, 3.8) is 0 Å². The third-order valence-electron chi connectivity index (χ3n) is 1.68. The molecule has 0 fully saturated rings. The molecule has 1 heterocycles. The van der Waals surface area contributed by atoms with Crippen molar-refractivity contribution in [3.05, 3.63) is 24.2 Å². The van der Waals surface area contributed by atoms with Crippen LogP contribution in [0.1, 0.15) is 10.6 Å². The zero-order valence-corrected chi connectivity index (χ0v) is 8.52. The fraction of sp³-hybridized carbons (Fsp3) is 0.333. The summed E-state index contributed by atoms with van der Waals surface area (Å²) in [6.45, 7) is -0.0899. The van der Waals surface area contributed by atoms with E-state index in [-0.39, 0.29) is 18.2 Å². The van der Waals surface area contributed by atoms with Crippen molar-refractivity contribution < 1.29 is 18.8 Å². The molecule has 0 saturated heterocycles. The van der Waals surface area contributed by atoms with E-state index in [1.54, 1.807) is 6.07 Å². The lowest BCUT2D eigenvalue weighted by atomic mass is 10.4. The van der Waals surface area contributed by atoms with Gasteiger partial charge < -0.3 is 9.32 Å². The largest absolute Gasteiger partial charge is 0.459 e. The molecule has 0 aromatic carbocycles. The molecule has 0 aliphatic carbocycles. The summed E-state index contributed by atoms with van der Waals surface area (Å²) >= 11 is 0. The van der Waals surface area contributed by atoms with Crippen LogP contribution in [0.3, 0.4) is 0 Å². The molecular weight excluding hydrogens is 200 g/mol. The minimum atomic E-state index is -0.403. The van der Waals surface area contributed by atoms with Gasteiger partial charge in [0.05, 0.1) is 13.4 Å². The summed E-state index contributed by atoms with van der Waals surface area (Å²) in [5.41, 5.74) is 2.11. The van der Waals surface area contributed by atoms with E-state index >= 15 is 0 Å². The van der Waals surface area contributed by atoms with Crippen molar-refractivity contribution in [2.75, 3.05) is 20.7 Å². The Balaban J connectivity index is 2.51. The number of nitrogens with one attached hydrogen (secondary N) is 1. The zero-order valence-electron chi connectivity index (χ0n) is 8.52. The predicted molar refractivity (Wildman–Crippen MR) is 50.8 cm³/mol. The molecule has 1 aromatic heterocycles. The SMILES string of the molecule is CONC(=O)CN(C)C(=O)c1ccco1. The summed E-state index contributed by atoms with van der Waals surface area (Å²) < 4.78 is 4.90. The van der Waals surface area contributed by atoms with Gasteiger partial charge in [-0.3, -0.25) is 14.4 Å². The van der Waals surface area contributed by atoms with Crippen LogP contribution in [-0.4, -0.2) is 37.4 Å². The van der Waals surface area contributed by atoms with Gasteiger partial charge in [-0.25, -0.2) is 5.48 Å². The van der Waals surface area contributed by atoms with Crippen LogP contribution >= 0.6 is 0 Å². The van der Waals surface area contributed by atoms with Crippen LogP contribution in [0.5, 0.6) is 0 Å². The Kier molecular flexibility index (Phi) is 3.87. The van der Waals surface area contributed by atoms with Gasteiger partial charge in [0.2, 0.25) is 0 Å². The quantitative estimate of drug-likeness (QED) is 0.715. The minimum Gasteiger partial charge on any atom is -0.459 e. The molecule has 82 valence electrons. The average molecular weight is 212 g/mol. The Labute approximate surface area is 86.8 Å². The van der Waals surface area contributed by atoms with Crippen LogP contribution in [0.4, 0.5) is 0 Å². The Morgan fingerprint density at radius 1 is 1.60 bits per heavy atom. The van der Waals surface area contributed by atoms with E-state index in [1.807, 2.05) is 0 Å². The number of rotatable bonds is 4. The molecule has 0 atom stereocenters. The number of furan rings is 1. The lowest BCUT2D eigenvalue weighted by Gasteiger charge is -2.14. The number of nitrogens with zero attached hydrogens (tertiary/aromatic N) is 1. The van der Waals surface area contributed by atoms with Crippen molar-refractivity contribution in [3.8, 4) is 0 Å². The first kappa shape index (κ1) is 11.3. The molecule has 0 saturated carbocycles. The molecule has 0 unspecified atom stereocenters. The maximum Gasteiger partial charge on any atom is 0.289 e. The summed E-state index contributed by atoms with van der Waals surface area (Å²) in [5, 5.41) is 0. The Morgan fingerprint density at radius 3 is 2.87 bits per heavy atom. The Hall–Kier alpha value is -1.82. The standard InChI is InChI=1S/C9H12N2O4/c1-11(6-8(12)10-14-2)9(13)7-4-3-5-15-7/h3-5H,6H2,1-2H3,(H,10,12). The summed E-state index contributed by atoms with van der Waals surface area (Å²) in [6.07, 6.45) is 1.40. The van der Waals surface area contributed by atoms with E-state index < -0.39 is 5.91 Å². The van der Waals surface area contributed by atoms with Gasteiger partial charge in [0, 0.05) is 7.05 Å². The molecule has 1 N–H and O–H groups in total. The van der Waals surface area contributed by atoms with E-state index in [2.05, 4.69) is 10.3 Å². The molecule has 6 heteroatoms. The monoisotopic (exact) mass is 212 g/mol. The highest BCUT2D eigenvalue weighted by Gasteiger charge is 2.16. The molecule has 1 rings (SSSR count). The van der Waals surface area contributed by atoms with Crippen molar-refractivity contribution in [1.82, 2.24) is 10.4 Å². The van der Waals surface area contributed by atoms with Crippen molar-refractivity contribution in [2.45, 2.75) is 0 Å². The maximum absolute atomic E-state index is 11.6. The topological polar surface area (TPSA) is 71.8 Å². The van der Waals surface area contributed by atoms with E-state index in [4.69, 9.17) is 4.42 Å². The number of hydrogen-bond acceptors (Lipinski definition) is 4. The second-order valence-corrected chi connectivity index (χ2v) is 2.87. The van der Waals surface area contributed by atoms with Gasteiger partial charge >= 0.3 is 0 Å². The molecule has 0 aliphatic rings. The van der Waals surface area contributed by atoms with Crippen molar-refractivity contribution >= 4 is 11.8 Å². The second-order valence-electron chi connectivity index (χ2n) is 2.87. The first-order chi connectivity index (χ1) is 7.15. The fourth-order valence-corrected chi connectivity index (χ4v) is 1.02. The zero-order chi connectivity index (χ0) is 11.3. The molecule has 2 amide bonds. The molecule has 15 heavy (non-hydrogen) atoms. The van der Waals surface area contributed by atoms with Gasteiger partial charge in [0.25, 0.3) is 11.8 Å². The predicted octanol–water partition coefficient (Wildman–Crippen LogP) is 0.0292. The van der Waals surface area contributed by atoms with Crippen LogP contribution in [0.25, 0.3) is 0 Å². The molecule has 0 radical (unpaired) electrons. The molecule has 0 bridgehead atoms. The van der Waals surface area contributed by atoms with Crippen LogP contribution < -0.4 is 5.48 Å². The van der Waals surface area contributed by atoms with Gasteiger partial charge in [-0.2, -0.15) is 0 Å². The molecule has 0 aliphatic heterocycles. The molecular formula is C9H12N2O4. The van der Waals surface area contributed by atoms with Crippen LogP contribution in [0.2, 0.25) is 0 Å². The van der Waals surface area contributed by atoms with Gasteiger partial charge in [-0.05, 0) is 12.1 Å². The van der Waals surface area contributed by atoms with Gasteiger partial charge in [-0.15, -0.1) is 0 Å². The summed E-state index contributed by atoms with van der Waals surface area (Å²) in [6, 6.07) is 3.14. The van der Waals surface area contributed by atoms with Crippen molar-refractivity contribution in [1.29, 1.82) is 0 Å². The van der Waals surface area contributed by atoms with E-state index in [0.29, 0.717) is 0 Å². The lowest BCUT2D eigenvalue weighted by molar-refractivity contribution is -0.131. The van der Waals surface area contributed by atoms with Gasteiger partial charge in [0.15, 0.2) is 5.76 Å². The molecule has 1 aromatic rings. The number of carbonyl (C=O) groups excluding carboxylic acids is 2. The average Bonchev–Trinajstić information content (AvgIpc) is 2.69. The van der Waals surface area contributed by atoms with Gasteiger partial charge in [0.1, 0.15) is 6.54 Å². The number of amides is 2. The van der Waals surface area contributed by atoms with Gasteiger partial charge in [-0.1, -0.05) is 0 Å². The van der Waals surface area contributed by atoms with E-state index in [1.165, 1.54) is 31.4 Å². The lowest BCUT2D eigenvalue weighted by Crippen LogP contribution is -2.37. The highest BCUT2D eigenvalue weighted by molar-refractivity contribution is 5.93. The summed E-state index contributed by atoms with van der Waals surface area (Å²) in [7, 11) is 2.83. The van der Waals surface area contributed by atoms with Crippen LogP contribution in [0.15, 0.2) is 22.8 Å². The van der Waals surface area contributed by atoms with E-state index in [0.717, 1.165) is 0 Å². The fourth-order valence-electron chi connectivity index (χ4n) is 1.02. The normalized spacial score (nSPS) is 9.73. The van der Waals surface area contributed by atoms with Crippen LogP contribution in [-0.2, 0) is 9.63 Å². The number of hydroxylamine groups is 1. The molecule has 6 nitrogen and oxygen atoms in total. The molecule has 0 spiro atoms. The smallest absolute Gasteiger partial charge is 0.289 e. The number of carbonyl (C=O) groups is 2. The number of likely N-dealkylation sites (N-methyl/N-ethyl adjacent to an activating group) is 1. The first-order valence-electron chi connectivity index (χ1n) is 4.26. The summed E-state index contributed by atoms with van der Waals surface area (Å²) in [5.74, 6) is -0.561. The number of hydrogen-bond donors (Lipinski definition) is 1. The van der Waals surface area contributed by atoms with E-state index in [9.17, 15) is 9.59 Å².